The second kappa shape index (κ2) is 10.3. The lowest BCUT2D eigenvalue weighted by Gasteiger charge is -2.22. The number of hydrogen-bond donors (Lipinski definition) is 0. The molecule has 32 heavy (non-hydrogen) atoms. The molecule has 0 radical (unpaired) electrons. The van der Waals surface area contributed by atoms with Crippen molar-refractivity contribution >= 4 is 32.7 Å². The van der Waals surface area contributed by atoms with Gasteiger partial charge < -0.3 is 9.64 Å². The van der Waals surface area contributed by atoms with Crippen LogP contribution in [0.15, 0.2) is 58.1 Å². The summed E-state index contributed by atoms with van der Waals surface area (Å²) in [7, 11) is 1.67. The fourth-order valence-electron chi connectivity index (χ4n) is 4.03. The van der Waals surface area contributed by atoms with E-state index in [1.54, 1.807) is 13.2 Å². The van der Waals surface area contributed by atoms with Crippen molar-refractivity contribution in [3.05, 3.63) is 69.2 Å². The summed E-state index contributed by atoms with van der Waals surface area (Å²) in [6.45, 7) is 4.43. The molecule has 168 valence electrons. The van der Waals surface area contributed by atoms with Gasteiger partial charge in [0, 0.05) is 50.2 Å². The van der Waals surface area contributed by atoms with Crippen molar-refractivity contribution in [1.82, 2.24) is 19.4 Å². The van der Waals surface area contributed by atoms with Gasteiger partial charge in [0.05, 0.1) is 24.3 Å². The molecule has 1 fully saturated rings. The molecule has 0 bridgehead atoms. The molecule has 4 rings (SSSR count). The summed E-state index contributed by atoms with van der Waals surface area (Å²) in [6, 6.07) is 13.6. The van der Waals surface area contributed by atoms with Gasteiger partial charge in [-0.3, -0.25) is 19.1 Å². The van der Waals surface area contributed by atoms with Crippen molar-refractivity contribution in [2.24, 2.45) is 0 Å². The average Bonchev–Trinajstić information content (AvgIpc) is 3.05. The third-order valence-corrected chi connectivity index (χ3v) is 6.35. The summed E-state index contributed by atoms with van der Waals surface area (Å²) < 4.78 is 7.59. The van der Waals surface area contributed by atoms with Crippen LogP contribution in [0.25, 0.3) is 10.9 Å². The summed E-state index contributed by atoms with van der Waals surface area (Å²) in [4.78, 5) is 34.2. The maximum absolute atomic E-state index is 12.8. The Hall–Kier alpha value is -2.71. The smallest absolute Gasteiger partial charge is 0.261 e. The average molecular weight is 499 g/mol. The molecular weight excluding hydrogens is 472 g/mol. The number of carbonyl (C=O) groups is 1. The van der Waals surface area contributed by atoms with Gasteiger partial charge >= 0.3 is 0 Å². The van der Waals surface area contributed by atoms with Gasteiger partial charge in [0.2, 0.25) is 5.91 Å². The summed E-state index contributed by atoms with van der Waals surface area (Å²) >= 11 is 3.40. The monoisotopic (exact) mass is 498 g/mol. The molecule has 0 saturated carbocycles. The minimum absolute atomic E-state index is 0.0811. The van der Waals surface area contributed by atoms with Crippen molar-refractivity contribution < 1.29 is 9.53 Å². The number of aryl methyl sites for hydroxylation is 1. The lowest BCUT2D eigenvalue weighted by molar-refractivity contribution is -0.131. The molecule has 8 heteroatoms. The van der Waals surface area contributed by atoms with Crippen LogP contribution in [0.5, 0.6) is 5.75 Å². The third-order valence-electron chi connectivity index (χ3n) is 5.86. The molecule has 1 saturated heterocycles. The van der Waals surface area contributed by atoms with E-state index in [0.717, 1.165) is 42.8 Å². The van der Waals surface area contributed by atoms with E-state index < -0.39 is 0 Å². The van der Waals surface area contributed by atoms with Crippen molar-refractivity contribution in [2.45, 2.75) is 25.9 Å². The molecular formula is C24H27BrN4O3. The van der Waals surface area contributed by atoms with Gasteiger partial charge in [-0.05, 0) is 42.3 Å². The molecule has 0 spiro atoms. The van der Waals surface area contributed by atoms with Crippen LogP contribution < -0.4 is 10.3 Å². The summed E-state index contributed by atoms with van der Waals surface area (Å²) in [6.07, 6.45) is 2.76. The molecule has 2 aromatic carbocycles. The molecule has 1 amide bonds. The Kier molecular flexibility index (Phi) is 7.22. The summed E-state index contributed by atoms with van der Waals surface area (Å²) in [5.74, 6) is 0.937. The van der Waals surface area contributed by atoms with E-state index in [-0.39, 0.29) is 11.5 Å². The number of methoxy groups -OCH3 is 1. The number of benzene rings is 2. The maximum atomic E-state index is 12.8. The van der Waals surface area contributed by atoms with Gasteiger partial charge in [-0.15, -0.1) is 0 Å². The van der Waals surface area contributed by atoms with E-state index >= 15 is 0 Å². The largest absolute Gasteiger partial charge is 0.497 e. The number of carbonyl (C=O) groups excluding carboxylic acids is 1. The van der Waals surface area contributed by atoms with Crippen LogP contribution in [0.1, 0.15) is 18.4 Å². The first kappa shape index (κ1) is 22.5. The van der Waals surface area contributed by atoms with E-state index in [0.29, 0.717) is 30.4 Å². The van der Waals surface area contributed by atoms with Crippen molar-refractivity contribution in [1.29, 1.82) is 0 Å². The SMILES string of the molecule is COc1ccc(CN2CCCN(C(=O)CCn3cnc4ccc(Br)cc4c3=O)CC2)cc1. The predicted molar refractivity (Wildman–Crippen MR) is 128 cm³/mol. The van der Waals surface area contributed by atoms with E-state index in [4.69, 9.17) is 4.74 Å². The van der Waals surface area contributed by atoms with Crippen molar-refractivity contribution in [2.75, 3.05) is 33.3 Å². The molecule has 7 nitrogen and oxygen atoms in total. The van der Waals surface area contributed by atoms with Crippen LogP contribution in [0.2, 0.25) is 0 Å². The first-order valence-electron chi connectivity index (χ1n) is 10.8. The minimum atomic E-state index is -0.120. The lowest BCUT2D eigenvalue weighted by Crippen LogP contribution is -2.36. The van der Waals surface area contributed by atoms with E-state index in [1.165, 1.54) is 16.5 Å². The highest BCUT2D eigenvalue weighted by Gasteiger charge is 2.19. The number of ether oxygens (including phenoxy) is 1. The molecule has 1 aliphatic rings. The second-order valence-corrected chi connectivity index (χ2v) is 8.93. The van der Waals surface area contributed by atoms with Gasteiger partial charge in [-0.1, -0.05) is 28.1 Å². The zero-order valence-electron chi connectivity index (χ0n) is 18.2. The number of halogens is 1. The van der Waals surface area contributed by atoms with Crippen LogP contribution >= 0.6 is 15.9 Å². The second-order valence-electron chi connectivity index (χ2n) is 8.01. The number of aromatic nitrogens is 2. The highest BCUT2D eigenvalue weighted by Crippen LogP contribution is 2.16. The molecule has 1 aliphatic heterocycles. The van der Waals surface area contributed by atoms with Crippen LogP contribution in [0.3, 0.4) is 0 Å². The van der Waals surface area contributed by atoms with E-state index in [1.807, 2.05) is 29.2 Å². The number of rotatable bonds is 6. The Morgan fingerprint density at radius 3 is 2.69 bits per heavy atom. The third kappa shape index (κ3) is 5.37. The van der Waals surface area contributed by atoms with Gasteiger partial charge in [0.15, 0.2) is 0 Å². The van der Waals surface area contributed by atoms with E-state index in [2.05, 4.69) is 37.9 Å². The summed E-state index contributed by atoms with van der Waals surface area (Å²) in [5, 5.41) is 0.554. The number of fused-ring (bicyclic) bond motifs is 1. The van der Waals surface area contributed by atoms with Crippen molar-refractivity contribution in [3.8, 4) is 5.75 Å². The normalized spacial score (nSPS) is 15.0. The Labute approximate surface area is 195 Å². The van der Waals surface area contributed by atoms with Crippen LogP contribution in [-0.4, -0.2) is 58.5 Å². The lowest BCUT2D eigenvalue weighted by atomic mass is 10.2. The minimum Gasteiger partial charge on any atom is -0.497 e. The topological polar surface area (TPSA) is 67.7 Å². The number of hydrogen-bond acceptors (Lipinski definition) is 5. The standard InChI is InChI=1S/C24H27BrN4O3/c1-32-20-6-3-18(4-7-20)16-27-10-2-11-28(14-13-27)23(30)9-12-29-17-26-22-8-5-19(25)15-21(22)24(29)31/h3-8,15,17H,2,9-14,16H2,1H3. The van der Waals surface area contributed by atoms with Gasteiger partial charge in [0.1, 0.15) is 5.75 Å². The zero-order valence-corrected chi connectivity index (χ0v) is 19.8. The predicted octanol–water partition coefficient (Wildman–Crippen LogP) is 3.29. The Morgan fingerprint density at radius 1 is 1.09 bits per heavy atom. The van der Waals surface area contributed by atoms with Crippen LogP contribution in [-0.2, 0) is 17.9 Å². The van der Waals surface area contributed by atoms with Crippen LogP contribution in [0.4, 0.5) is 0 Å². The van der Waals surface area contributed by atoms with E-state index in [9.17, 15) is 9.59 Å². The highest BCUT2D eigenvalue weighted by atomic mass is 79.9. The number of nitrogens with zero attached hydrogens (tertiary/aromatic N) is 4. The fourth-order valence-corrected chi connectivity index (χ4v) is 4.39. The quantitative estimate of drug-likeness (QED) is 0.521. The zero-order chi connectivity index (χ0) is 22.5. The molecule has 0 atom stereocenters. The summed E-state index contributed by atoms with van der Waals surface area (Å²) in [5.41, 5.74) is 1.77. The molecule has 0 unspecified atom stereocenters. The first-order valence-corrected chi connectivity index (χ1v) is 11.6. The van der Waals surface area contributed by atoms with Gasteiger partial charge in [-0.25, -0.2) is 4.98 Å². The highest BCUT2D eigenvalue weighted by molar-refractivity contribution is 9.10. The van der Waals surface area contributed by atoms with Crippen LogP contribution in [0, 0.1) is 0 Å². The molecule has 2 heterocycles. The Balaban J connectivity index is 1.32. The Morgan fingerprint density at radius 2 is 1.91 bits per heavy atom. The molecule has 1 aromatic heterocycles. The number of amides is 1. The van der Waals surface area contributed by atoms with Crippen molar-refractivity contribution in [3.63, 3.8) is 0 Å². The maximum Gasteiger partial charge on any atom is 0.261 e. The first-order chi connectivity index (χ1) is 15.5. The molecule has 0 aliphatic carbocycles. The molecule has 3 aromatic rings. The Bertz CT molecular complexity index is 1150. The van der Waals surface area contributed by atoms with Gasteiger partial charge in [0.25, 0.3) is 5.56 Å². The van der Waals surface area contributed by atoms with Gasteiger partial charge in [-0.2, -0.15) is 0 Å². The fraction of sp³-hybridized carbons (Fsp3) is 0.375. The molecule has 0 N–H and O–H groups in total.